The lowest BCUT2D eigenvalue weighted by Gasteiger charge is -2.15. The van der Waals surface area contributed by atoms with Gasteiger partial charge in [0.15, 0.2) is 0 Å². The Balaban J connectivity index is 2.87. The summed E-state index contributed by atoms with van der Waals surface area (Å²) < 4.78 is 31.4. The first-order valence-electron chi connectivity index (χ1n) is 5.41. The monoisotopic (exact) mass is 335 g/mol. The van der Waals surface area contributed by atoms with Gasteiger partial charge in [-0.15, -0.1) is 0 Å². The zero-order chi connectivity index (χ0) is 14.6. The Bertz CT molecular complexity index is 506. The van der Waals surface area contributed by atoms with Gasteiger partial charge in [-0.3, -0.25) is 4.79 Å². The normalized spacial score (nSPS) is 11.0. The number of ether oxygens (including phenoxy) is 1. The van der Waals surface area contributed by atoms with E-state index in [1.807, 2.05) is 12.2 Å². The number of rotatable bonds is 4. The maximum Gasteiger partial charge on any atom is 0.419 e. The molecule has 0 aromatic heterocycles. The van der Waals surface area contributed by atoms with Crippen molar-refractivity contribution in [2.24, 2.45) is 0 Å². The first kappa shape index (κ1) is 15.6. The number of aryl methyl sites for hydroxylation is 1. The van der Waals surface area contributed by atoms with Crippen molar-refractivity contribution in [1.82, 2.24) is 0 Å². The van der Waals surface area contributed by atoms with Gasteiger partial charge in [0.25, 0.3) is 0 Å². The number of carbonyl (C=O) groups excluding carboxylic acids is 2. The van der Waals surface area contributed by atoms with Crippen molar-refractivity contribution in [3.8, 4) is 0 Å². The minimum absolute atomic E-state index is 0.152. The number of esters is 1. The number of nitrogens with one attached hydrogen (secondary N) is 1. The molecule has 19 heavy (non-hydrogen) atoms. The number of hydrogen-bond donors (Lipinski definition) is 1. The third kappa shape index (κ3) is 3.73. The second-order valence-electron chi connectivity index (χ2n) is 3.73. The molecule has 1 amide bonds. The maximum absolute atomic E-state index is 13.4. The molecular formula is C12H12BrF2NO3. The molecule has 1 aromatic carbocycles. The second kappa shape index (κ2) is 6.10. The summed E-state index contributed by atoms with van der Waals surface area (Å²) in [5.41, 5.74) is 1.04. The molecule has 0 saturated heterocycles. The molecule has 0 bridgehead atoms. The Morgan fingerprint density at radius 3 is 2.58 bits per heavy atom. The van der Waals surface area contributed by atoms with Crippen LogP contribution in [0.3, 0.4) is 0 Å². The first-order chi connectivity index (χ1) is 8.78. The van der Waals surface area contributed by atoms with Crippen molar-refractivity contribution in [3.05, 3.63) is 28.2 Å². The minimum atomic E-state index is -4.22. The quantitative estimate of drug-likeness (QED) is 0.679. The van der Waals surface area contributed by atoms with Gasteiger partial charge in [0.05, 0.1) is 12.3 Å². The van der Waals surface area contributed by atoms with E-state index in [4.69, 9.17) is 0 Å². The third-order valence-electron chi connectivity index (χ3n) is 2.19. The predicted octanol–water partition coefficient (Wildman–Crippen LogP) is 2.89. The number of anilines is 1. The van der Waals surface area contributed by atoms with E-state index >= 15 is 0 Å². The molecule has 0 unspecified atom stereocenters. The van der Waals surface area contributed by atoms with Crippen LogP contribution < -0.4 is 5.32 Å². The molecule has 0 heterocycles. The van der Waals surface area contributed by atoms with Crippen molar-refractivity contribution in [1.29, 1.82) is 0 Å². The minimum Gasteiger partial charge on any atom is -0.461 e. The van der Waals surface area contributed by atoms with E-state index in [1.165, 1.54) is 13.0 Å². The zero-order valence-corrected chi connectivity index (χ0v) is 11.9. The highest BCUT2D eigenvalue weighted by Gasteiger charge is 2.49. The van der Waals surface area contributed by atoms with Crippen LogP contribution in [0.25, 0.3) is 0 Å². The van der Waals surface area contributed by atoms with Crippen LogP contribution in [0.1, 0.15) is 12.5 Å². The standard InChI is InChI=1S/C12H12BrF2NO3/c1-3-19-11(18)12(14,15)10(17)16-9-5-4-7(2)6-8(9)13/h4-6H,3H2,1-2H3,(H,16,17). The SMILES string of the molecule is CCOC(=O)C(F)(F)C(=O)Nc1ccc(C)cc1Br. The largest absolute Gasteiger partial charge is 0.461 e. The van der Waals surface area contributed by atoms with E-state index in [0.717, 1.165) is 5.56 Å². The summed E-state index contributed by atoms with van der Waals surface area (Å²) in [5.74, 6) is -7.81. The van der Waals surface area contributed by atoms with E-state index < -0.39 is 17.8 Å². The molecule has 0 aliphatic carbocycles. The summed E-state index contributed by atoms with van der Waals surface area (Å²) in [6.07, 6.45) is 0. The van der Waals surface area contributed by atoms with Gasteiger partial charge < -0.3 is 10.1 Å². The molecule has 0 spiro atoms. The van der Waals surface area contributed by atoms with E-state index in [-0.39, 0.29) is 12.3 Å². The first-order valence-corrected chi connectivity index (χ1v) is 6.21. The average Bonchev–Trinajstić information content (AvgIpc) is 2.32. The molecule has 0 atom stereocenters. The van der Waals surface area contributed by atoms with Crippen LogP contribution in [0.4, 0.5) is 14.5 Å². The third-order valence-corrected chi connectivity index (χ3v) is 2.85. The van der Waals surface area contributed by atoms with Gasteiger partial charge in [-0.2, -0.15) is 8.78 Å². The Morgan fingerprint density at radius 2 is 2.05 bits per heavy atom. The summed E-state index contributed by atoms with van der Waals surface area (Å²) in [5, 5.41) is 1.98. The Labute approximate surface area is 117 Å². The van der Waals surface area contributed by atoms with Crippen LogP contribution >= 0.6 is 15.9 Å². The van der Waals surface area contributed by atoms with E-state index in [0.29, 0.717) is 4.47 Å². The molecule has 0 saturated carbocycles. The van der Waals surface area contributed by atoms with Gasteiger partial charge in [0.1, 0.15) is 0 Å². The molecule has 4 nitrogen and oxygen atoms in total. The van der Waals surface area contributed by atoms with Gasteiger partial charge >= 0.3 is 17.8 Å². The van der Waals surface area contributed by atoms with Crippen molar-refractivity contribution in [2.45, 2.75) is 19.8 Å². The highest BCUT2D eigenvalue weighted by molar-refractivity contribution is 9.10. The van der Waals surface area contributed by atoms with Crippen molar-refractivity contribution in [2.75, 3.05) is 11.9 Å². The Morgan fingerprint density at radius 1 is 1.42 bits per heavy atom. The number of halogens is 3. The molecular weight excluding hydrogens is 324 g/mol. The van der Waals surface area contributed by atoms with Crippen LogP contribution in [0.5, 0.6) is 0 Å². The lowest BCUT2D eigenvalue weighted by molar-refractivity contribution is -0.175. The summed E-state index contributed by atoms with van der Waals surface area (Å²) in [7, 11) is 0. The van der Waals surface area contributed by atoms with Gasteiger partial charge in [0.2, 0.25) is 0 Å². The van der Waals surface area contributed by atoms with Gasteiger partial charge in [-0.05, 0) is 47.5 Å². The van der Waals surface area contributed by atoms with Crippen molar-refractivity contribution in [3.63, 3.8) is 0 Å². The number of amides is 1. The van der Waals surface area contributed by atoms with E-state index in [1.54, 1.807) is 12.1 Å². The molecule has 0 aliphatic rings. The number of hydrogen-bond acceptors (Lipinski definition) is 3. The van der Waals surface area contributed by atoms with E-state index in [2.05, 4.69) is 20.7 Å². The molecule has 7 heteroatoms. The summed E-state index contributed by atoms with van der Waals surface area (Å²) in [4.78, 5) is 22.4. The van der Waals surface area contributed by atoms with Crippen molar-refractivity contribution < 1.29 is 23.1 Å². The Hall–Kier alpha value is -1.50. The van der Waals surface area contributed by atoms with Crippen LogP contribution in [-0.4, -0.2) is 24.4 Å². The zero-order valence-electron chi connectivity index (χ0n) is 10.3. The van der Waals surface area contributed by atoms with Crippen LogP contribution in [0.2, 0.25) is 0 Å². The van der Waals surface area contributed by atoms with Crippen LogP contribution in [-0.2, 0) is 14.3 Å². The second-order valence-corrected chi connectivity index (χ2v) is 4.59. The summed E-state index contributed by atoms with van der Waals surface area (Å²) >= 11 is 3.13. The fraction of sp³-hybridized carbons (Fsp3) is 0.333. The van der Waals surface area contributed by atoms with Gasteiger partial charge in [-0.25, -0.2) is 4.79 Å². The van der Waals surface area contributed by atoms with E-state index in [9.17, 15) is 18.4 Å². The average molecular weight is 336 g/mol. The molecule has 0 aliphatic heterocycles. The fourth-order valence-corrected chi connectivity index (χ4v) is 1.83. The number of carbonyl (C=O) groups is 2. The fourth-order valence-electron chi connectivity index (χ4n) is 1.24. The molecule has 0 fully saturated rings. The molecule has 1 rings (SSSR count). The van der Waals surface area contributed by atoms with Gasteiger partial charge in [-0.1, -0.05) is 6.07 Å². The highest BCUT2D eigenvalue weighted by atomic mass is 79.9. The summed E-state index contributed by atoms with van der Waals surface area (Å²) in [6, 6.07) is 4.75. The smallest absolute Gasteiger partial charge is 0.419 e. The predicted molar refractivity (Wildman–Crippen MR) is 69.1 cm³/mol. The molecule has 1 N–H and O–H groups in total. The van der Waals surface area contributed by atoms with Crippen molar-refractivity contribution >= 4 is 33.5 Å². The lowest BCUT2D eigenvalue weighted by atomic mass is 10.2. The molecule has 1 aromatic rings. The number of benzene rings is 1. The topological polar surface area (TPSA) is 55.4 Å². The molecule has 104 valence electrons. The highest BCUT2D eigenvalue weighted by Crippen LogP contribution is 2.26. The van der Waals surface area contributed by atoms with Crippen LogP contribution in [0.15, 0.2) is 22.7 Å². The molecule has 0 radical (unpaired) electrons. The summed E-state index contributed by atoms with van der Waals surface area (Å²) in [6.45, 7) is 2.96. The lowest BCUT2D eigenvalue weighted by Crippen LogP contribution is -2.43. The number of alkyl halides is 2. The van der Waals surface area contributed by atoms with Gasteiger partial charge in [0, 0.05) is 4.47 Å². The van der Waals surface area contributed by atoms with Crippen LogP contribution in [0, 0.1) is 6.92 Å². The Kier molecular flexibility index (Phi) is 4.99. The maximum atomic E-state index is 13.4.